The van der Waals surface area contributed by atoms with E-state index in [0.717, 1.165) is 0 Å². The highest BCUT2D eigenvalue weighted by atomic mass is 16.5. The van der Waals surface area contributed by atoms with Gasteiger partial charge in [-0.1, -0.05) is 17.0 Å². The van der Waals surface area contributed by atoms with Crippen LogP contribution in [0.25, 0.3) is 11.4 Å². The first-order chi connectivity index (χ1) is 14.7. The summed E-state index contributed by atoms with van der Waals surface area (Å²) in [5.41, 5.74) is -1.38. The van der Waals surface area contributed by atoms with E-state index in [1.165, 1.54) is 11.5 Å². The highest BCUT2D eigenvalue weighted by Crippen LogP contribution is 2.34. The van der Waals surface area contributed by atoms with Crippen molar-refractivity contribution >= 4 is 11.9 Å². The Kier molecular flexibility index (Phi) is 4.75. The van der Waals surface area contributed by atoms with Crippen LogP contribution >= 0.6 is 0 Å². The lowest BCUT2D eigenvalue weighted by atomic mass is 10.0. The van der Waals surface area contributed by atoms with Gasteiger partial charge in [-0.25, -0.2) is 14.6 Å². The Morgan fingerprint density at radius 3 is 2.65 bits per heavy atom. The molecule has 10 heteroatoms. The van der Waals surface area contributed by atoms with Crippen molar-refractivity contribution in [1.82, 2.24) is 14.7 Å². The first-order valence-corrected chi connectivity index (χ1v) is 9.21. The number of aryl methyl sites for hydroxylation is 1. The third-order valence-corrected chi connectivity index (χ3v) is 4.74. The van der Waals surface area contributed by atoms with E-state index >= 15 is 0 Å². The second-order valence-corrected chi connectivity index (χ2v) is 7.10. The summed E-state index contributed by atoms with van der Waals surface area (Å²) in [6.45, 7) is 3.44. The fraction of sp³-hybridized carbons (Fsp3) is 0.238. The predicted molar refractivity (Wildman–Crippen MR) is 105 cm³/mol. The van der Waals surface area contributed by atoms with Crippen molar-refractivity contribution < 1.29 is 34.2 Å². The normalized spacial score (nSPS) is 14.2. The molecule has 1 aromatic carbocycles. The maximum Gasteiger partial charge on any atom is 0.357 e. The van der Waals surface area contributed by atoms with Gasteiger partial charge in [0.2, 0.25) is 0 Å². The number of benzene rings is 1. The Balaban J connectivity index is 1.80. The van der Waals surface area contributed by atoms with Crippen LogP contribution in [0, 0.1) is 18.8 Å². The standard InChI is InChI=1S/C21H17N3O7/c1-11-9-15(23-31-11)21(2,29)6-5-12-3-4-14-13(10-12)18-22-16(19(25)26)17(20(27)28)24(18)7-8-30-14/h3-4,9-10,29H,7-8H2,1-2H3,(H,25,26)(H,27,28)/t21-/m1/s1. The second kappa shape index (κ2) is 7.30. The molecule has 1 aliphatic rings. The highest BCUT2D eigenvalue weighted by molar-refractivity contribution is 6.00. The molecule has 0 saturated carbocycles. The minimum atomic E-state index is -1.56. The van der Waals surface area contributed by atoms with E-state index in [-0.39, 0.29) is 24.7 Å². The molecule has 1 atom stereocenters. The van der Waals surface area contributed by atoms with Crippen molar-refractivity contribution in [2.45, 2.75) is 26.0 Å². The number of hydrogen-bond donors (Lipinski definition) is 3. The number of imidazole rings is 1. The maximum atomic E-state index is 11.7. The molecule has 4 rings (SSSR count). The molecule has 3 N–H and O–H groups in total. The lowest BCUT2D eigenvalue weighted by Crippen LogP contribution is -2.18. The van der Waals surface area contributed by atoms with Crippen molar-refractivity contribution in [2.24, 2.45) is 0 Å². The van der Waals surface area contributed by atoms with Crippen LogP contribution in [0.5, 0.6) is 5.75 Å². The number of carboxylic acid groups (broad SMARTS) is 2. The second-order valence-electron chi connectivity index (χ2n) is 7.10. The van der Waals surface area contributed by atoms with Crippen LogP contribution in [-0.2, 0) is 12.1 Å². The largest absolute Gasteiger partial charge is 0.491 e. The van der Waals surface area contributed by atoms with Gasteiger partial charge in [0.1, 0.15) is 29.6 Å². The fourth-order valence-electron chi connectivity index (χ4n) is 3.25. The smallest absolute Gasteiger partial charge is 0.357 e. The van der Waals surface area contributed by atoms with E-state index in [1.807, 2.05) is 0 Å². The number of carboxylic acids is 2. The maximum absolute atomic E-state index is 11.7. The lowest BCUT2D eigenvalue weighted by Gasteiger charge is -2.11. The number of aromatic nitrogens is 3. The van der Waals surface area contributed by atoms with Gasteiger partial charge in [-0.15, -0.1) is 0 Å². The van der Waals surface area contributed by atoms with Gasteiger partial charge in [0.15, 0.2) is 17.0 Å². The zero-order valence-electron chi connectivity index (χ0n) is 16.5. The Morgan fingerprint density at radius 2 is 2.00 bits per heavy atom. The average Bonchev–Trinajstić information content (AvgIpc) is 3.27. The van der Waals surface area contributed by atoms with Crippen LogP contribution in [-0.4, -0.2) is 48.6 Å². The Morgan fingerprint density at radius 1 is 1.23 bits per heavy atom. The van der Waals surface area contributed by atoms with Crippen LogP contribution in [0.1, 0.15) is 44.9 Å². The quantitative estimate of drug-likeness (QED) is 0.537. The molecule has 1 aliphatic heterocycles. The van der Waals surface area contributed by atoms with E-state index in [2.05, 4.69) is 22.0 Å². The summed E-state index contributed by atoms with van der Waals surface area (Å²) in [6.07, 6.45) is 0. The van der Waals surface area contributed by atoms with Gasteiger partial charge < -0.3 is 29.1 Å². The summed E-state index contributed by atoms with van der Waals surface area (Å²) in [7, 11) is 0. The van der Waals surface area contributed by atoms with Crippen molar-refractivity contribution in [3.63, 3.8) is 0 Å². The summed E-state index contributed by atoms with van der Waals surface area (Å²) in [6, 6.07) is 6.50. The summed E-state index contributed by atoms with van der Waals surface area (Å²) in [4.78, 5) is 27.3. The fourth-order valence-corrected chi connectivity index (χ4v) is 3.25. The molecule has 2 aromatic heterocycles. The number of hydrogen-bond acceptors (Lipinski definition) is 7. The van der Waals surface area contributed by atoms with Crippen molar-refractivity contribution in [3.05, 3.63) is 52.7 Å². The van der Waals surface area contributed by atoms with Gasteiger partial charge in [0, 0.05) is 11.6 Å². The number of fused-ring (bicyclic) bond motifs is 3. The average molecular weight is 423 g/mol. The van der Waals surface area contributed by atoms with Crippen molar-refractivity contribution in [3.8, 4) is 29.0 Å². The molecule has 0 bridgehead atoms. The molecular formula is C21H17N3O7. The van der Waals surface area contributed by atoms with E-state index < -0.39 is 28.9 Å². The number of aliphatic hydroxyl groups is 1. The third-order valence-electron chi connectivity index (χ3n) is 4.74. The van der Waals surface area contributed by atoms with E-state index in [1.54, 1.807) is 31.2 Å². The van der Waals surface area contributed by atoms with Gasteiger partial charge in [-0.3, -0.25) is 0 Å². The molecule has 31 heavy (non-hydrogen) atoms. The monoisotopic (exact) mass is 423 g/mol. The number of ether oxygens (including phenoxy) is 1. The summed E-state index contributed by atoms with van der Waals surface area (Å²) >= 11 is 0. The van der Waals surface area contributed by atoms with Crippen molar-refractivity contribution in [2.75, 3.05) is 6.61 Å². The number of rotatable bonds is 3. The van der Waals surface area contributed by atoms with Gasteiger partial charge >= 0.3 is 11.9 Å². The molecule has 3 aromatic rings. The molecule has 3 heterocycles. The molecule has 158 valence electrons. The minimum absolute atomic E-state index is 0.118. The molecule has 0 radical (unpaired) electrons. The molecular weight excluding hydrogens is 406 g/mol. The number of aromatic carboxylic acids is 2. The third kappa shape index (κ3) is 3.62. The predicted octanol–water partition coefficient (Wildman–Crippen LogP) is 1.89. The highest BCUT2D eigenvalue weighted by Gasteiger charge is 2.30. The van der Waals surface area contributed by atoms with Crippen LogP contribution in [0.15, 0.2) is 28.8 Å². The Hall–Kier alpha value is -4.10. The van der Waals surface area contributed by atoms with Crippen LogP contribution < -0.4 is 4.74 Å². The first-order valence-electron chi connectivity index (χ1n) is 9.21. The van der Waals surface area contributed by atoms with E-state index in [4.69, 9.17) is 9.26 Å². The Bertz CT molecular complexity index is 1270. The van der Waals surface area contributed by atoms with Crippen molar-refractivity contribution in [1.29, 1.82) is 0 Å². The molecule has 0 saturated heterocycles. The summed E-state index contributed by atoms with van der Waals surface area (Å²) < 4.78 is 12.0. The lowest BCUT2D eigenvalue weighted by molar-refractivity contribution is 0.0639. The molecule has 0 spiro atoms. The summed E-state index contributed by atoms with van der Waals surface area (Å²) in [5, 5.41) is 33.3. The van der Waals surface area contributed by atoms with E-state index in [9.17, 15) is 24.9 Å². The van der Waals surface area contributed by atoms with Gasteiger partial charge in [0.25, 0.3) is 0 Å². The van der Waals surface area contributed by atoms with Crippen LogP contribution in [0.3, 0.4) is 0 Å². The molecule has 0 unspecified atom stereocenters. The van der Waals surface area contributed by atoms with Crippen LogP contribution in [0.2, 0.25) is 0 Å². The Labute approximate surface area is 175 Å². The first kappa shape index (κ1) is 20.2. The van der Waals surface area contributed by atoms with Crippen LogP contribution in [0.4, 0.5) is 0 Å². The van der Waals surface area contributed by atoms with Gasteiger partial charge in [0.05, 0.1) is 12.1 Å². The molecule has 0 fully saturated rings. The summed E-state index contributed by atoms with van der Waals surface area (Å²) in [5.74, 6) is 3.87. The molecule has 0 aliphatic carbocycles. The zero-order valence-corrected chi connectivity index (χ0v) is 16.5. The number of carbonyl (C=O) groups is 2. The van der Waals surface area contributed by atoms with Gasteiger partial charge in [-0.2, -0.15) is 0 Å². The molecule has 0 amide bonds. The molecule has 10 nitrogen and oxygen atoms in total. The van der Waals surface area contributed by atoms with Gasteiger partial charge in [-0.05, 0) is 32.0 Å². The minimum Gasteiger partial charge on any atom is -0.491 e. The zero-order chi connectivity index (χ0) is 22.3. The number of nitrogens with zero attached hydrogens (tertiary/aromatic N) is 3. The SMILES string of the molecule is Cc1cc([C@](C)(O)C#Cc2ccc3c(c2)-c2nc(C(=O)O)c(C(=O)O)n2CCO3)no1. The van der Waals surface area contributed by atoms with E-state index in [0.29, 0.717) is 22.6 Å². The topological polar surface area (TPSA) is 148 Å².